The Morgan fingerprint density at radius 2 is 1.65 bits per heavy atom. The molecule has 5 rings (SSSR count). The largest absolute Gasteiger partial charge is 0.485 e. The molecule has 0 atom stereocenters. The highest BCUT2D eigenvalue weighted by molar-refractivity contribution is 5.66. The van der Waals surface area contributed by atoms with E-state index in [9.17, 15) is 4.79 Å². The molecule has 0 aliphatic carbocycles. The SMILES string of the molecule is Cc1ccccc1-n1nc(-c2c(C)nc3c(OCc4ccc(C(C)(C)C)cc4)cccn3c2=O)cc1C. The number of benzene rings is 2. The fourth-order valence-corrected chi connectivity index (χ4v) is 4.55. The highest BCUT2D eigenvalue weighted by Gasteiger charge is 2.19. The van der Waals surface area contributed by atoms with Crippen LogP contribution < -0.4 is 10.3 Å². The number of aromatic nitrogens is 4. The van der Waals surface area contributed by atoms with Crippen LogP contribution in [0.25, 0.3) is 22.6 Å². The standard InChI is InChI=1S/C31H32N4O2/c1-20-10-7-8-11-26(20)35-21(2)18-25(33-35)28-22(3)32-29-27(12-9-17-34(29)30(28)36)37-19-23-13-15-24(16-14-23)31(4,5)6/h7-18H,19H2,1-6H3. The normalized spacial score (nSPS) is 11.7. The van der Waals surface area contributed by atoms with E-state index < -0.39 is 0 Å². The Balaban J connectivity index is 1.49. The fourth-order valence-electron chi connectivity index (χ4n) is 4.55. The first-order valence-corrected chi connectivity index (χ1v) is 12.5. The van der Waals surface area contributed by atoms with Crippen molar-refractivity contribution in [1.82, 2.24) is 19.2 Å². The Morgan fingerprint density at radius 1 is 0.919 bits per heavy atom. The summed E-state index contributed by atoms with van der Waals surface area (Å²) in [5.41, 5.74) is 7.52. The molecule has 6 heteroatoms. The second-order valence-electron chi connectivity index (χ2n) is 10.5. The maximum absolute atomic E-state index is 13.6. The van der Waals surface area contributed by atoms with E-state index in [1.54, 1.807) is 10.6 Å². The van der Waals surface area contributed by atoms with Gasteiger partial charge in [-0.15, -0.1) is 0 Å². The van der Waals surface area contributed by atoms with Gasteiger partial charge in [-0.1, -0.05) is 63.2 Å². The zero-order chi connectivity index (χ0) is 26.3. The predicted octanol–water partition coefficient (Wildman–Crippen LogP) is 6.35. The van der Waals surface area contributed by atoms with E-state index in [0.717, 1.165) is 22.5 Å². The van der Waals surface area contributed by atoms with Crippen molar-refractivity contribution in [2.75, 3.05) is 0 Å². The van der Waals surface area contributed by atoms with Gasteiger partial charge in [-0.3, -0.25) is 9.20 Å². The molecule has 37 heavy (non-hydrogen) atoms. The van der Waals surface area contributed by atoms with Crippen LogP contribution in [-0.4, -0.2) is 19.2 Å². The number of rotatable bonds is 5. The summed E-state index contributed by atoms with van der Waals surface area (Å²) in [7, 11) is 0. The monoisotopic (exact) mass is 492 g/mol. The Labute approximate surface area is 217 Å². The number of fused-ring (bicyclic) bond motifs is 1. The van der Waals surface area contributed by atoms with E-state index >= 15 is 0 Å². The molecule has 0 radical (unpaired) electrons. The van der Waals surface area contributed by atoms with Crippen molar-refractivity contribution in [3.63, 3.8) is 0 Å². The minimum atomic E-state index is -0.170. The zero-order valence-electron chi connectivity index (χ0n) is 22.2. The molecule has 188 valence electrons. The van der Waals surface area contributed by atoms with Gasteiger partial charge >= 0.3 is 0 Å². The van der Waals surface area contributed by atoms with E-state index in [0.29, 0.717) is 35.0 Å². The molecule has 0 saturated carbocycles. The number of para-hydroxylation sites is 1. The van der Waals surface area contributed by atoms with Crippen molar-refractivity contribution >= 4 is 5.65 Å². The molecule has 3 aromatic heterocycles. The fraction of sp³-hybridized carbons (Fsp3) is 0.258. The summed E-state index contributed by atoms with van der Waals surface area (Å²) in [4.78, 5) is 18.4. The summed E-state index contributed by atoms with van der Waals surface area (Å²) in [6.45, 7) is 12.9. The van der Waals surface area contributed by atoms with E-state index in [4.69, 9.17) is 14.8 Å². The van der Waals surface area contributed by atoms with Gasteiger partial charge in [-0.05, 0) is 67.1 Å². The molecule has 3 heterocycles. The Bertz CT molecular complexity index is 1650. The second kappa shape index (κ2) is 9.36. The summed E-state index contributed by atoms with van der Waals surface area (Å²) >= 11 is 0. The summed E-state index contributed by atoms with van der Waals surface area (Å²) < 4.78 is 9.56. The average Bonchev–Trinajstić information content (AvgIpc) is 3.23. The minimum absolute atomic E-state index is 0.101. The molecule has 0 fully saturated rings. The van der Waals surface area contributed by atoms with Gasteiger partial charge in [0.1, 0.15) is 12.3 Å². The van der Waals surface area contributed by atoms with Gasteiger partial charge in [0, 0.05) is 11.9 Å². The van der Waals surface area contributed by atoms with Gasteiger partial charge in [0.25, 0.3) is 5.56 Å². The van der Waals surface area contributed by atoms with Crippen LogP contribution >= 0.6 is 0 Å². The molecule has 0 spiro atoms. The maximum atomic E-state index is 13.6. The highest BCUT2D eigenvalue weighted by atomic mass is 16.5. The summed E-state index contributed by atoms with van der Waals surface area (Å²) in [6.07, 6.45) is 1.73. The molecule has 0 saturated heterocycles. The van der Waals surface area contributed by atoms with Gasteiger partial charge in [0.15, 0.2) is 11.4 Å². The molecular weight excluding hydrogens is 460 g/mol. The number of hydrogen-bond donors (Lipinski definition) is 0. The number of aryl methyl sites for hydroxylation is 3. The van der Waals surface area contributed by atoms with Gasteiger partial charge in [-0.25, -0.2) is 9.67 Å². The molecular formula is C31H32N4O2. The topological polar surface area (TPSA) is 61.4 Å². The number of hydrogen-bond acceptors (Lipinski definition) is 4. The van der Waals surface area contributed by atoms with Crippen LogP contribution in [0.4, 0.5) is 0 Å². The van der Waals surface area contributed by atoms with Gasteiger partial charge in [-0.2, -0.15) is 5.10 Å². The lowest BCUT2D eigenvalue weighted by atomic mass is 9.87. The summed E-state index contributed by atoms with van der Waals surface area (Å²) in [5.74, 6) is 0.566. The zero-order valence-corrected chi connectivity index (χ0v) is 22.2. The Hall–Kier alpha value is -4.19. The Morgan fingerprint density at radius 3 is 2.35 bits per heavy atom. The molecule has 0 N–H and O–H groups in total. The third kappa shape index (κ3) is 4.67. The lowest BCUT2D eigenvalue weighted by Gasteiger charge is -2.19. The molecule has 5 aromatic rings. The summed E-state index contributed by atoms with van der Waals surface area (Å²) in [6, 6.07) is 22.1. The lowest BCUT2D eigenvalue weighted by Crippen LogP contribution is -2.19. The van der Waals surface area contributed by atoms with Crippen molar-refractivity contribution in [3.05, 3.63) is 111 Å². The van der Waals surface area contributed by atoms with Crippen molar-refractivity contribution in [3.8, 4) is 22.7 Å². The van der Waals surface area contributed by atoms with Crippen LogP contribution in [0.2, 0.25) is 0 Å². The van der Waals surface area contributed by atoms with Crippen LogP contribution in [0.3, 0.4) is 0 Å². The highest BCUT2D eigenvalue weighted by Crippen LogP contribution is 2.26. The minimum Gasteiger partial charge on any atom is -0.485 e. The van der Waals surface area contributed by atoms with Gasteiger partial charge in [0.05, 0.1) is 16.9 Å². The smallest absolute Gasteiger partial charge is 0.267 e. The molecule has 0 bridgehead atoms. The van der Waals surface area contributed by atoms with Crippen molar-refractivity contribution < 1.29 is 4.74 Å². The number of pyridine rings is 1. The third-order valence-corrected chi connectivity index (χ3v) is 6.70. The van der Waals surface area contributed by atoms with Crippen LogP contribution in [0.15, 0.2) is 77.7 Å². The average molecular weight is 493 g/mol. The Kier molecular flexibility index (Phi) is 6.20. The maximum Gasteiger partial charge on any atom is 0.267 e. The van der Waals surface area contributed by atoms with Gasteiger partial charge < -0.3 is 4.74 Å². The van der Waals surface area contributed by atoms with Crippen LogP contribution in [0.1, 0.15) is 48.8 Å². The van der Waals surface area contributed by atoms with E-state index in [-0.39, 0.29) is 11.0 Å². The van der Waals surface area contributed by atoms with Crippen LogP contribution in [-0.2, 0) is 12.0 Å². The van der Waals surface area contributed by atoms with Crippen molar-refractivity contribution in [1.29, 1.82) is 0 Å². The summed E-state index contributed by atoms with van der Waals surface area (Å²) in [5, 5.41) is 4.79. The molecule has 0 aliphatic heterocycles. The van der Waals surface area contributed by atoms with Gasteiger partial charge in [0.2, 0.25) is 0 Å². The number of ether oxygens (including phenoxy) is 1. The first-order valence-electron chi connectivity index (χ1n) is 12.5. The lowest BCUT2D eigenvalue weighted by molar-refractivity contribution is 0.307. The first-order chi connectivity index (χ1) is 17.6. The molecule has 2 aromatic carbocycles. The van der Waals surface area contributed by atoms with Crippen LogP contribution in [0, 0.1) is 20.8 Å². The number of nitrogens with zero attached hydrogens (tertiary/aromatic N) is 4. The van der Waals surface area contributed by atoms with E-state index in [1.807, 2.05) is 67.9 Å². The molecule has 0 aliphatic rings. The third-order valence-electron chi connectivity index (χ3n) is 6.70. The van der Waals surface area contributed by atoms with E-state index in [1.165, 1.54) is 5.56 Å². The van der Waals surface area contributed by atoms with Crippen molar-refractivity contribution in [2.45, 2.75) is 53.6 Å². The predicted molar refractivity (Wildman–Crippen MR) is 148 cm³/mol. The molecule has 6 nitrogen and oxygen atoms in total. The van der Waals surface area contributed by atoms with Crippen molar-refractivity contribution in [2.24, 2.45) is 0 Å². The quantitative estimate of drug-likeness (QED) is 0.287. The van der Waals surface area contributed by atoms with Crippen LogP contribution in [0.5, 0.6) is 5.75 Å². The second-order valence-corrected chi connectivity index (χ2v) is 10.5. The van der Waals surface area contributed by atoms with E-state index in [2.05, 4.69) is 45.0 Å². The molecule has 0 amide bonds. The first kappa shape index (κ1) is 24.5. The molecule has 0 unspecified atom stereocenters.